The Morgan fingerprint density at radius 2 is 0.776 bits per heavy atom. The number of hydrogen-bond donors (Lipinski definition) is 0. The highest BCUT2D eigenvalue weighted by atomic mass is 16.3. The van der Waals surface area contributed by atoms with Gasteiger partial charge < -0.3 is 4.42 Å². The second-order valence-corrected chi connectivity index (χ2v) is 12.8. The Morgan fingerprint density at radius 3 is 1.49 bits per heavy atom. The number of hydrogen-bond acceptors (Lipinski definition) is 1. The van der Waals surface area contributed by atoms with E-state index < -0.39 is 0 Å². The Morgan fingerprint density at radius 1 is 0.265 bits per heavy atom. The van der Waals surface area contributed by atoms with Crippen molar-refractivity contribution < 1.29 is 4.42 Å². The third-order valence-electron chi connectivity index (χ3n) is 10.1. The third-order valence-corrected chi connectivity index (χ3v) is 10.1. The Balaban J connectivity index is 1.19. The lowest BCUT2D eigenvalue weighted by Gasteiger charge is -2.20. The summed E-state index contributed by atoms with van der Waals surface area (Å²) >= 11 is 0. The molecule has 0 N–H and O–H groups in total. The average Bonchev–Trinajstić information content (AvgIpc) is 3.57. The van der Waals surface area contributed by atoms with Gasteiger partial charge >= 0.3 is 0 Å². The first-order valence-corrected chi connectivity index (χ1v) is 16.9. The van der Waals surface area contributed by atoms with Crippen LogP contribution in [0.1, 0.15) is 0 Å². The summed E-state index contributed by atoms with van der Waals surface area (Å²) < 4.78 is 6.40. The van der Waals surface area contributed by atoms with Crippen LogP contribution in [0.4, 0.5) is 0 Å². The van der Waals surface area contributed by atoms with E-state index in [1.165, 1.54) is 87.6 Å². The lowest BCUT2D eigenvalue weighted by molar-refractivity contribution is 0.669. The van der Waals surface area contributed by atoms with Crippen LogP contribution >= 0.6 is 0 Å². The van der Waals surface area contributed by atoms with Crippen LogP contribution in [0.2, 0.25) is 0 Å². The molecule has 1 heteroatoms. The van der Waals surface area contributed by atoms with E-state index in [0.29, 0.717) is 0 Å². The van der Waals surface area contributed by atoms with Crippen LogP contribution in [0.5, 0.6) is 0 Å². The first-order chi connectivity index (χ1) is 24.3. The molecule has 0 saturated carbocycles. The van der Waals surface area contributed by atoms with Crippen molar-refractivity contribution in [1.82, 2.24) is 0 Å². The standard InChI is InChI=1S/C48H30O/c1-2-13-31(14-3-1)35-16-6-7-18-38(35)46-41-21-10-8-19-39(41)45(40-20-9-11-22-42(40)46)34-27-25-33(26-28-34)37-23-12-24-43-47(37)48-36-17-5-4-15-32(36)29-30-44(48)49-43/h1-30H. The molecule has 1 heterocycles. The summed E-state index contributed by atoms with van der Waals surface area (Å²) in [4.78, 5) is 0. The van der Waals surface area contributed by atoms with Gasteiger partial charge in [0, 0.05) is 10.8 Å². The van der Waals surface area contributed by atoms with Gasteiger partial charge in [-0.1, -0.05) is 170 Å². The molecule has 0 aliphatic heterocycles. The fourth-order valence-electron chi connectivity index (χ4n) is 7.94. The van der Waals surface area contributed by atoms with Gasteiger partial charge in [0.05, 0.1) is 0 Å². The van der Waals surface area contributed by atoms with Crippen molar-refractivity contribution in [3.63, 3.8) is 0 Å². The molecule has 0 atom stereocenters. The number of furan rings is 1. The van der Waals surface area contributed by atoms with Gasteiger partial charge in [0.25, 0.3) is 0 Å². The molecule has 9 aromatic carbocycles. The van der Waals surface area contributed by atoms with Gasteiger partial charge in [0.15, 0.2) is 0 Å². The first kappa shape index (κ1) is 27.7. The van der Waals surface area contributed by atoms with Gasteiger partial charge in [-0.15, -0.1) is 0 Å². The number of benzene rings is 9. The van der Waals surface area contributed by atoms with Gasteiger partial charge in [0.1, 0.15) is 11.2 Å². The number of rotatable bonds is 4. The van der Waals surface area contributed by atoms with Gasteiger partial charge in [-0.25, -0.2) is 0 Å². The molecule has 1 nitrogen and oxygen atoms in total. The Labute approximate surface area is 284 Å². The molecule has 228 valence electrons. The molecule has 0 fully saturated rings. The quantitative estimate of drug-likeness (QED) is 0.178. The minimum atomic E-state index is 0.913. The minimum absolute atomic E-state index is 0.913. The topological polar surface area (TPSA) is 13.1 Å². The lowest BCUT2D eigenvalue weighted by atomic mass is 9.83. The second-order valence-electron chi connectivity index (χ2n) is 12.8. The molecule has 10 rings (SSSR count). The predicted molar refractivity (Wildman–Crippen MR) is 208 cm³/mol. The molecule has 0 unspecified atom stereocenters. The fourth-order valence-corrected chi connectivity index (χ4v) is 7.94. The summed E-state index contributed by atoms with van der Waals surface area (Å²) in [7, 11) is 0. The molecule has 0 saturated heterocycles. The largest absolute Gasteiger partial charge is 0.456 e. The van der Waals surface area contributed by atoms with Crippen LogP contribution < -0.4 is 0 Å². The van der Waals surface area contributed by atoms with Crippen molar-refractivity contribution in [2.45, 2.75) is 0 Å². The second kappa shape index (κ2) is 11.1. The minimum Gasteiger partial charge on any atom is -0.456 e. The van der Waals surface area contributed by atoms with E-state index in [1.54, 1.807) is 0 Å². The van der Waals surface area contributed by atoms with E-state index in [4.69, 9.17) is 4.42 Å². The van der Waals surface area contributed by atoms with Crippen molar-refractivity contribution in [2.24, 2.45) is 0 Å². The molecule has 1 aromatic heterocycles. The van der Waals surface area contributed by atoms with Crippen molar-refractivity contribution in [3.8, 4) is 44.5 Å². The maximum absolute atomic E-state index is 6.40. The Hall–Kier alpha value is -6.44. The first-order valence-electron chi connectivity index (χ1n) is 16.9. The molecule has 0 spiro atoms. The molecular formula is C48H30O. The van der Waals surface area contributed by atoms with Crippen LogP contribution in [-0.2, 0) is 0 Å². The molecule has 0 bridgehead atoms. The predicted octanol–water partition coefficient (Wildman–Crippen LogP) is 13.7. The molecule has 49 heavy (non-hydrogen) atoms. The maximum Gasteiger partial charge on any atom is 0.136 e. The van der Waals surface area contributed by atoms with Gasteiger partial charge in [-0.3, -0.25) is 0 Å². The summed E-state index contributed by atoms with van der Waals surface area (Å²) in [6.45, 7) is 0. The van der Waals surface area contributed by atoms with E-state index in [1.807, 2.05) is 0 Å². The molecular weight excluding hydrogens is 593 g/mol. The summed E-state index contributed by atoms with van der Waals surface area (Å²) in [5.41, 5.74) is 11.6. The Bertz CT molecular complexity index is 2800. The van der Waals surface area contributed by atoms with Crippen LogP contribution in [0.3, 0.4) is 0 Å². The highest BCUT2D eigenvalue weighted by molar-refractivity contribution is 6.24. The molecule has 10 aromatic rings. The molecule has 0 aliphatic rings. The normalized spacial score (nSPS) is 11.7. The summed E-state index contributed by atoms with van der Waals surface area (Å²) in [5, 5.41) is 9.79. The van der Waals surface area contributed by atoms with Crippen LogP contribution in [-0.4, -0.2) is 0 Å². The van der Waals surface area contributed by atoms with Crippen LogP contribution in [0.15, 0.2) is 186 Å². The highest BCUT2D eigenvalue weighted by Gasteiger charge is 2.19. The molecule has 0 aliphatic carbocycles. The van der Waals surface area contributed by atoms with E-state index in [9.17, 15) is 0 Å². The van der Waals surface area contributed by atoms with E-state index >= 15 is 0 Å². The average molecular weight is 623 g/mol. The summed E-state index contributed by atoms with van der Waals surface area (Å²) in [6.07, 6.45) is 0. The monoisotopic (exact) mass is 622 g/mol. The van der Waals surface area contributed by atoms with Crippen molar-refractivity contribution in [3.05, 3.63) is 182 Å². The zero-order chi connectivity index (χ0) is 32.3. The Kier molecular flexibility index (Phi) is 6.25. The van der Waals surface area contributed by atoms with Crippen LogP contribution in [0.25, 0.3) is 98.8 Å². The zero-order valence-electron chi connectivity index (χ0n) is 26.7. The van der Waals surface area contributed by atoms with Crippen molar-refractivity contribution in [1.29, 1.82) is 0 Å². The highest BCUT2D eigenvalue weighted by Crippen LogP contribution is 2.47. The maximum atomic E-state index is 6.40. The smallest absolute Gasteiger partial charge is 0.136 e. The summed E-state index contributed by atoms with van der Waals surface area (Å²) in [6, 6.07) is 65.7. The SMILES string of the molecule is c1ccc(-c2ccccc2-c2c3ccccc3c(-c3ccc(-c4cccc5oc6ccc7ccccc7c6c45)cc3)c3ccccc23)cc1. The van der Waals surface area contributed by atoms with Gasteiger partial charge in [-0.05, 0) is 89.0 Å². The molecule has 0 radical (unpaired) electrons. The number of fused-ring (bicyclic) bond motifs is 7. The van der Waals surface area contributed by atoms with E-state index in [2.05, 4.69) is 182 Å². The van der Waals surface area contributed by atoms with Gasteiger partial charge in [0.2, 0.25) is 0 Å². The van der Waals surface area contributed by atoms with Gasteiger partial charge in [-0.2, -0.15) is 0 Å². The van der Waals surface area contributed by atoms with E-state index in [0.717, 1.165) is 11.2 Å². The third kappa shape index (κ3) is 4.33. The fraction of sp³-hybridized carbons (Fsp3) is 0. The molecule has 0 amide bonds. The van der Waals surface area contributed by atoms with Crippen LogP contribution in [0, 0.1) is 0 Å². The zero-order valence-corrected chi connectivity index (χ0v) is 26.7. The summed E-state index contributed by atoms with van der Waals surface area (Å²) in [5.74, 6) is 0. The van der Waals surface area contributed by atoms with Crippen molar-refractivity contribution in [2.75, 3.05) is 0 Å². The lowest BCUT2D eigenvalue weighted by Crippen LogP contribution is -1.92. The van der Waals surface area contributed by atoms with E-state index in [-0.39, 0.29) is 0 Å². The van der Waals surface area contributed by atoms with Crippen molar-refractivity contribution >= 4 is 54.3 Å².